The van der Waals surface area contributed by atoms with Crippen LogP contribution in [0.4, 0.5) is 15.8 Å². The zero-order valence-corrected chi connectivity index (χ0v) is 11.0. The predicted molar refractivity (Wildman–Crippen MR) is 76.1 cm³/mol. The Hall–Kier alpha value is -2.56. The third-order valence-electron chi connectivity index (χ3n) is 2.65. The van der Waals surface area contributed by atoms with Crippen molar-refractivity contribution < 1.29 is 13.9 Å². The summed E-state index contributed by atoms with van der Waals surface area (Å²) in [4.78, 5) is 11.7. The summed E-state index contributed by atoms with van der Waals surface area (Å²) in [7, 11) is 0. The fourth-order valence-electron chi connectivity index (χ4n) is 1.62. The molecule has 0 radical (unpaired) electrons. The van der Waals surface area contributed by atoms with Crippen LogP contribution in [0.5, 0.6) is 5.75 Å². The molecular weight excluding hydrogens is 259 g/mol. The molecule has 2 aromatic rings. The van der Waals surface area contributed by atoms with Gasteiger partial charge >= 0.3 is 0 Å². The van der Waals surface area contributed by atoms with Gasteiger partial charge in [-0.25, -0.2) is 4.39 Å². The van der Waals surface area contributed by atoms with E-state index in [1.54, 1.807) is 37.3 Å². The molecule has 0 heterocycles. The highest BCUT2D eigenvalue weighted by molar-refractivity contribution is 5.92. The smallest absolute Gasteiger partial charge is 0.262 e. The highest BCUT2D eigenvalue weighted by Gasteiger charge is 2.07. The molecule has 0 aliphatic carbocycles. The predicted octanol–water partition coefficient (Wildman–Crippen LogP) is 2.73. The van der Waals surface area contributed by atoms with Crippen molar-refractivity contribution in [2.45, 2.75) is 6.92 Å². The second-order valence-corrected chi connectivity index (χ2v) is 4.39. The fourth-order valence-corrected chi connectivity index (χ4v) is 1.62. The van der Waals surface area contributed by atoms with Crippen LogP contribution in [0.25, 0.3) is 0 Å². The number of carbonyl (C=O) groups excluding carboxylic acids is 1. The number of amides is 1. The van der Waals surface area contributed by atoms with Gasteiger partial charge in [-0.15, -0.1) is 0 Å². The van der Waals surface area contributed by atoms with E-state index in [1.807, 2.05) is 0 Å². The Morgan fingerprint density at radius 2 is 1.95 bits per heavy atom. The van der Waals surface area contributed by atoms with Crippen molar-refractivity contribution in [3.8, 4) is 5.75 Å². The number of anilines is 2. The summed E-state index contributed by atoms with van der Waals surface area (Å²) in [6.45, 7) is 1.58. The van der Waals surface area contributed by atoms with Gasteiger partial charge in [-0.1, -0.05) is 6.07 Å². The maximum absolute atomic E-state index is 13.5. The molecular formula is C15H15FN2O2. The number of halogens is 1. The van der Waals surface area contributed by atoms with Crippen molar-refractivity contribution in [1.82, 2.24) is 0 Å². The summed E-state index contributed by atoms with van der Waals surface area (Å²) < 4.78 is 18.8. The number of benzene rings is 2. The van der Waals surface area contributed by atoms with E-state index < -0.39 is 11.7 Å². The summed E-state index contributed by atoms with van der Waals surface area (Å²) in [5.41, 5.74) is 7.08. The third kappa shape index (κ3) is 3.71. The zero-order chi connectivity index (χ0) is 14.5. The number of hydrogen-bond acceptors (Lipinski definition) is 3. The molecule has 0 spiro atoms. The van der Waals surface area contributed by atoms with Crippen LogP contribution >= 0.6 is 0 Å². The van der Waals surface area contributed by atoms with Gasteiger partial charge in [0.05, 0.1) is 5.69 Å². The summed E-state index contributed by atoms with van der Waals surface area (Å²) in [6, 6.07) is 11.3. The van der Waals surface area contributed by atoms with Crippen LogP contribution in [-0.2, 0) is 4.79 Å². The van der Waals surface area contributed by atoms with Crippen LogP contribution in [0, 0.1) is 12.7 Å². The van der Waals surface area contributed by atoms with Gasteiger partial charge in [0.25, 0.3) is 5.91 Å². The first-order valence-corrected chi connectivity index (χ1v) is 6.09. The van der Waals surface area contributed by atoms with E-state index in [0.717, 1.165) is 5.56 Å². The van der Waals surface area contributed by atoms with Crippen molar-refractivity contribution in [2.24, 2.45) is 0 Å². The second kappa shape index (κ2) is 6.06. The molecule has 0 saturated heterocycles. The second-order valence-electron chi connectivity index (χ2n) is 4.39. The Kier molecular flexibility index (Phi) is 4.20. The zero-order valence-electron chi connectivity index (χ0n) is 11.0. The van der Waals surface area contributed by atoms with E-state index in [2.05, 4.69) is 5.32 Å². The number of ether oxygens (including phenoxy) is 1. The van der Waals surface area contributed by atoms with Crippen LogP contribution in [0.1, 0.15) is 5.56 Å². The highest BCUT2D eigenvalue weighted by atomic mass is 19.1. The van der Waals surface area contributed by atoms with E-state index in [9.17, 15) is 9.18 Å². The minimum atomic E-state index is -0.467. The van der Waals surface area contributed by atoms with Crippen molar-refractivity contribution in [1.29, 1.82) is 0 Å². The summed E-state index contributed by atoms with van der Waals surface area (Å²) in [6.07, 6.45) is 0. The number of aryl methyl sites for hydroxylation is 1. The Bertz CT molecular complexity index is 612. The molecule has 2 rings (SSSR count). The van der Waals surface area contributed by atoms with Gasteiger partial charge in [-0.05, 0) is 48.9 Å². The molecule has 0 aliphatic rings. The van der Waals surface area contributed by atoms with Gasteiger partial charge in [0.2, 0.25) is 0 Å². The van der Waals surface area contributed by atoms with Crippen LogP contribution < -0.4 is 15.8 Å². The fraction of sp³-hybridized carbons (Fsp3) is 0.133. The molecule has 0 aliphatic heterocycles. The molecule has 2 aromatic carbocycles. The summed E-state index contributed by atoms with van der Waals surface area (Å²) in [5.74, 6) is -0.367. The van der Waals surface area contributed by atoms with Gasteiger partial charge in [-0.3, -0.25) is 4.79 Å². The monoisotopic (exact) mass is 274 g/mol. The molecule has 0 saturated carbocycles. The Morgan fingerprint density at radius 3 is 2.60 bits per heavy atom. The average molecular weight is 274 g/mol. The molecule has 104 valence electrons. The molecule has 3 N–H and O–H groups in total. The quantitative estimate of drug-likeness (QED) is 0.842. The maximum atomic E-state index is 13.5. The van der Waals surface area contributed by atoms with Gasteiger partial charge in [0, 0.05) is 5.69 Å². The van der Waals surface area contributed by atoms with Gasteiger partial charge in [0.1, 0.15) is 11.6 Å². The molecule has 0 unspecified atom stereocenters. The van der Waals surface area contributed by atoms with E-state index in [4.69, 9.17) is 10.5 Å². The van der Waals surface area contributed by atoms with E-state index in [1.165, 1.54) is 12.1 Å². The first-order chi connectivity index (χ1) is 9.54. The van der Waals surface area contributed by atoms with Gasteiger partial charge in [-0.2, -0.15) is 0 Å². The van der Waals surface area contributed by atoms with Crippen LogP contribution in [0.3, 0.4) is 0 Å². The number of nitrogen functional groups attached to an aromatic ring is 1. The first kappa shape index (κ1) is 13.9. The lowest BCUT2D eigenvalue weighted by atomic mass is 10.2. The maximum Gasteiger partial charge on any atom is 0.262 e. The number of nitrogens with one attached hydrogen (secondary N) is 1. The van der Waals surface area contributed by atoms with E-state index >= 15 is 0 Å². The molecule has 0 fully saturated rings. The molecule has 20 heavy (non-hydrogen) atoms. The number of nitrogens with two attached hydrogens (primary N) is 1. The first-order valence-electron chi connectivity index (χ1n) is 6.09. The number of rotatable bonds is 4. The van der Waals surface area contributed by atoms with Crippen LogP contribution in [0.2, 0.25) is 0 Å². The van der Waals surface area contributed by atoms with Crippen molar-refractivity contribution in [3.63, 3.8) is 0 Å². The summed E-state index contributed by atoms with van der Waals surface area (Å²) >= 11 is 0. The standard InChI is InChI=1S/C15H15FN2O2/c1-10-2-7-14(13(16)8-10)18-15(19)9-20-12-5-3-11(17)4-6-12/h2-8H,9,17H2,1H3,(H,18,19). The lowest BCUT2D eigenvalue weighted by molar-refractivity contribution is -0.118. The molecule has 0 bridgehead atoms. The van der Waals surface area contributed by atoms with Crippen LogP contribution in [0.15, 0.2) is 42.5 Å². The normalized spacial score (nSPS) is 10.1. The van der Waals surface area contributed by atoms with Crippen LogP contribution in [-0.4, -0.2) is 12.5 Å². The minimum Gasteiger partial charge on any atom is -0.484 e. The van der Waals surface area contributed by atoms with Gasteiger partial charge in [0.15, 0.2) is 6.61 Å². The molecule has 5 heteroatoms. The highest BCUT2D eigenvalue weighted by Crippen LogP contribution is 2.16. The van der Waals surface area contributed by atoms with Gasteiger partial charge < -0.3 is 15.8 Å². The summed E-state index contributed by atoms with van der Waals surface area (Å²) in [5, 5.41) is 2.46. The van der Waals surface area contributed by atoms with Crippen molar-refractivity contribution in [3.05, 3.63) is 53.8 Å². The van der Waals surface area contributed by atoms with Crippen molar-refractivity contribution >= 4 is 17.3 Å². The SMILES string of the molecule is Cc1ccc(NC(=O)COc2ccc(N)cc2)c(F)c1. The third-order valence-corrected chi connectivity index (χ3v) is 2.65. The molecule has 1 amide bonds. The van der Waals surface area contributed by atoms with E-state index in [-0.39, 0.29) is 12.3 Å². The number of carbonyl (C=O) groups is 1. The molecule has 0 atom stereocenters. The number of hydrogen-bond donors (Lipinski definition) is 2. The molecule has 4 nitrogen and oxygen atoms in total. The Labute approximate surface area is 116 Å². The van der Waals surface area contributed by atoms with Crippen molar-refractivity contribution in [2.75, 3.05) is 17.7 Å². The lowest BCUT2D eigenvalue weighted by Crippen LogP contribution is -2.20. The topological polar surface area (TPSA) is 64.3 Å². The largest absolute Gasteiger partial charge is 0.484 e. The minimum absolute atomic E-state index is 0.140. The lowest BCUT2D eigenvalue weighted by Gasteiger charge is -2.08. The molecule has 0 aromatic heterocycles. The van der Waals surface area contributed by atoms with E-state index in [0.29, 0.717) is 11.4 Å². The Balaban J connectivity index is 1.90. The average Bonchev–Trinajstić information content (AvgIpc) is 2.41. The Morgan fingerprint density at radius 1 is 1.25 bits per heavy atom.